The summed E-state index contributed by atoms with van der Waals surface area (Å²) < 4.78 is 0. The Hall–Kier alpha value is -1.37. The van der Waals surface area contributed by atoms with Crippen molar-refractivity contribution >= 4 is 11.3 Å². The summed E-state index contributed by atoms with van der Waals surface area (Å²) in [5.74, 6) is 6.41. The molecule has 0 bridgehead atoms. The highest BCUT2D eigenvalue weighted by Gasteiger charge is 2.20. The third-order valence-electron chi connectivity index (χ3n) is 3.05. The average Bonchev–Trinajstić information content (AvgIpc) is 2.84. The zero-order valence-corrected chi connectivity index (χ0v) is 13.2. The van der Waals surface area contributed by atoms with Gasteiger partial charge in [0.25, 0.3) is 0 Å². The van der Waals surface area contributed by atoms with Gasteiger partial charge in [-0.1, -0.05) is 20.8 Å². The maximum absolute atomic E-state index is 5.66. The number of aromatic nitrogens is 3. The minimum atomic E-state index is -0.0457. The third-order valence-corrected chi connectivity index (χ3v) is 3.93. The Balaban J connectivity index is 2.16. The van der Waals surface area contributed by atoms with Crippen molar-refractivity contribution in [1.82, 2.24) is 20.4 Å². The molecule has 108 valence electrons. The second-order valence-corrected chi connectivity index (χ2v) is 6.77. The standard InChI is InChI=1S/C14H21N5S/c1-9-16-6-5-10(17-9)11(19-15)7-13-18-12(8-20-13)14(2,3)4/h5-6,8,11,19H,7,15H2,1-4H3. The van der Waals surface area contributed by atoms with Crippen molar-refractivity contribution in [2.45, 2.75) is 45.6 Å². The summed E-state index contributed by atoms with van der Waals surface area (Å²) in [4.78, 5) is 13.2. The van der Waals surface area contributed by atoms with Crippen LogP contribution in [0, 0.1) is 6.92 Å². The van der Waals surface area contributed by atoms with Crippen molar-refractivity contribution in [2.75, 3.05) is 0 Å². The van der Waals surface area contributed by atoms with Crippen LogP contribution in [0.15, 0.2) is 17.6 Å². The Morgan fingerprint density at radius 3 is 2.65 bits per heavy atom. The van der Waals surface area contributed by atoms with E-state index in [9.17, 15) is 0 Å². The Morgan fingerprint density at radius 2 is 2.10 bits per heavy atom. The van der Waals surface area contributed by atoms with Gasteiger partial charge in [-0.2, -0.15) is 0 Å². The number of nitrogens with two attached hydrogens (primary N) is 1. The van der Waals surface area contributed by atoms with E-state index in [1.165, 1.54) is 0 Å². The first kappa shape index (κ1) is 15.0. The smallest absolute Gasteiger partial charge is 0.125 e. The maximum Gasteiger partial charge on any atom is 0.125 e. The van der Waals surface area contributed by atoms with Crippen molar-refractivity contribution in [3.63, 3.8) is 0 Å². The second kappa shape index (κ2) is 5.95. The molecule has 0 spiro atoms. The van der Waals surface area contributed by atoms with E-state index in [4.69, 9.17) is 10.8 Å². The fraction of sp³-hybridized carbons (Fsp3) is 0.500. The topological polar surface area (TPSA) is 76.7 Å². The fourth-order valence-electron chi connectivity index (χ4n) is 1.84. The van der Waals surface area contributed by atoms with Gasteiger partial charge in [0.15, 0.2) is 0 Å². The second-order valence-electron chi connectivity index (χ2n) is 5.83. The van der Waals surface area contributed by atoms with Crippen LogP contribution in [0.25, 0.3) is 0 Å². The van der Waals surface area contributed by atoms with E-state index in [1.807, 2.05) is 13.0 Å². The van der Waals surface area contributed by atoms with Gasteiger partial charge in [-0.05, 0) is 13.0 Å². The van der Waals surface area contributed by atoms with Crippen LogP contribution in [0.1, 0.15) is 49.0 Å². The number of hydrazine groups is 1. The minimum absolute atomic E-state index is 0.0457. The molecule has 0 saturated heterocycles. The molecule has 5 nitrogen and oxygen atoms in total. The summed E-state index contributed by atoms with van der Waals surface area (Å²) in [7, 11) is 0. The lowest BCUT2D eigenvalue weighted by atomic mass is 9.93. The van der Waals surface area contributed by atoms with Gasteiger partial charge in [-0.25, -0.2) is 15.0 Å². The SMILES string of the molecule is Cc1nccc(C(Cc2nc(C(C)(C)C)cs2)NN)n1. The first-order valence-electron chi connectivity index (χ1n) is 6.60. The van der Waals surface area contributed by atoms with Gasteiger partial charge in [0.1, 0.15) is 5.82 Å². The van der Waals surface area contributed by atoms with Gasteiger partial charge >= 0.3 is 0 Å². The van der Waals surface area contributed by atoms with Crippen LogP contribution in [0.4, 0.5) is 0 Å². The van der Waals surface area contributed by atoms with Crippen LogP contribution in [-0.4, -0.2) is 15.0 Å². The van der Waals surface area contributed by atoms with Crippen LogP contribution in [-0.2, 0) is 11.8 Å². The van der Waals surface area contributed by atoms with Gasteiger partial charge in [0.2, 0.25) is 0 Å². The number of nitrogens with one attached hydrogen (secondary N) is 1. The molecule has 0 aliphatic rings. The lowest BCUT2D eigenvalue weighted by molar-refractivity contribution is 0.528. The number of nitrogens with zero attached hydrogens (tertiary/aromatic N) is 3. The molecule has 2 aromatic heterocycles. The normalized spacial score (nSPS) is 13.4. The van der Waals surface area contributed by atoms with E-state index in [-0.39, 0.29) is 11.5 Å². The molecule has 3 N–H and O–H groups in total. The predicted molar refractivity (Wildman–Crippen MR) is 81.4 cm³/mol. The molecule has 0 aromatic carbocycles. The molecular weight excluding hydrogens is 270 g/mol. The number of hydrogen-bond acceptors (Lipinski definition) is 6. The Kier molecular flexibility index (Phi) is 4.47. The van der Waals surface area contributed by atoms with E-state index >= 15 is 0 Å². The quantitative estimate of drug-likeness (QED) is 0.667. The molecule has 0 amide bonds. The number of aryl methyl sites for hydroxylation is 1. The Morgan fingerprint density at radius 1 is 1.35 bits per heavy atom. The molecule has 2 aromatic rings. The first-order chi connectivity index (χ1) is 9.40. The summed E-state index contributed by atoms with van der Waals surface area (Å²) in [6, 6.07) is 1.84. The van der Waals surface area contributed by atoms with Crippen LogP contribution in [0.2, 0.25) is 0 Å². The molecule has 0 fully saturated rings. The van der Waals surface area contributed by atoms with Crippen LogP contribution < -0.4 is 11.3 Å². The van der Waals surface area contributed by atoms with E-state index in [0.717, 1.165) is 28.6 Å². The van der Waals surface area contributed by atoms with Gasteiger partial charge in [-0.15, -0.1) is 11.3 Å². The van der Waals surface area contributed by atoms with Gasteiger partial charge < -0.3 is 0 Å². The highest BCUT2D eigenvalue weighted by atomic mass is 32.1. The van der Waals surface area contributed by atoms with Crippen molar-refractivity contribution in [2.24, 2.45) is 5.84 Å². The number of thiazole rings is 1. The highest BCUT2D eigenvalue weighted by molar-refractivity contribution is 7.09. The summed E-state index contributed by atoms with van der Waals surface area (Å²) >= 11 is 1.67. The largest absolute Gasteiger partial charge is 0.271 e. The first-order valence-corrected chi connectivity index (χ1v) is 7.48. The Labute approximate surface area is 123 Å². The molecule has 1 atom stereocenters. The molecular formula is C14H21N5S. The lowest BCUT2D eigenvalue weighted by Crippen LogP contribution is -2.30. The van der Waals surface area contributed by atoms with Crippen LogP contribution >= 0.6 is 11.3 Å². The van der Waals surface area contributed by atoms with E-state index in [0.29, 0.717) is 0 Å². The molecule has 20 heavy (non-hydrogen) atoms. The lowest BCUT2D eigenvalue weighted by Gasteiger charge is -2.15. The van der Waals surface area contributed by atoms with Crippen molar-refractivity contribution in [1.29, 1.82) is 0 Å². The molecule has 1 unspecified atom stereocenters. The van der Waals surface area contributed by atoms with Crippen molar-refractivity contribution in [3.8, 4) is 0 Å². The molecule has 0 aliphatic carbocycles. The predicted octanol–water partition coefficient (Wildman–Crippen LogP) is 2.29. The maximum atomic E-state index is 5.66. The third kappa shape index (κ3) is 3.59. The molecule has 0 radical (unpaired) electrons. The zero-order valence-electron chi connectivity index (χ0n) is 12.3. The van der Waals surface area contributed by atoms with Gasteiger partial charge in [0.05, 0.1) is 22.4 Å². The summed E-state index contributed by atoms with van der Waals surface area (Å²) in [5.41, 5.74) is 4.91. The molecule has 0 saturated carbocycles. The van der Waals surface area contributed by atoms with Crippen molar-refractivity contribution in [3.05, 3.63) is 39.9 Å². The summed E-state index contributed by atoms with van der Waals surface area (Å²) in [5, 5.41) is 3.18. The number of rotatable bonds is 4. The van der Waals surface area contributed by atoms with Gasteiger partial charge in [-0.3, -0.25) is 11.3 Å². The fourth-order valence-corrected chi connectivity index (χ4v) is 2.91. The molecule has 2 rings (SSSR count). The highest BCUT2D eigenvalue weighted by Crippen LogP contribution is 2.26. The average molecular weight is 291 g/mol. The monoisotopic (exact) mass is 291 g/mol. The summed E-state index contributed by atoms with van der Waals surface area (Å²) in [6.07, 6.45) is 2.48. The van der Waals surface area contributed by atoms with Crippen LogP contribution in [0.3, 0.4) is 0 Å². The van der Waals surface area contributed by atoms with E-state index in [2.05, 4.69) is 41.5 Å². The molecule has 2 heterocycles. The van der Waals surface area contributed by atoms with Crippen molar-refractivity contribution < 1.29 is 0 Å². The Bertz CT molecular complexity index is 573. The van der Waals surface area contributed by atoms with Crippen LogP contribution in [0.5, 0.6) is 0 Å². The summed E-state index contributed by atoms with van der Waals surface area (Å²) in [6.45, 7) is 8.37. The van der Waals surface area contributed by atoms with Gasteiger partial charge in [0, 0.05) is 23.4 Å². The minimum Gasteiger partial charge on any atom is -0.271 e. The van der Waals surface area contributed by atoms with E-state index < -0.39 is 0 Å². The van der Waals surface area contributed by atoms with E-state index in [1.54, 1.807) is 17.5 Å². The molecule has 0 aliphatic heterocycles. The number of hydrogen-bond donors (Lipinski definition) is 2. The molecule has 6 heteroatoms. The zero-order chi connectivity index (χ0) is 14.8.